The lowest BCUT2D eigenvalue weighted by atomic mass is 10.0. The summed E-state index contributed by atoms with van der Waals surface area (Å²) in [6.45, 7) is 4.16. The predicted molar refractivity (Wildman–Crippen MR) is 99.2 cm³/mol. The van der Waals surface area contributed by atoms with Crippen molar-refractivity contribution in [1.29, 1.82) is 0 Å². The first-order valence-electron chi connectivity index (χ1n) is 7.85. The largest absolute Gasteiger partial charge is 0.350 e. The second kappa shape index (κ2) is 8.99. The van der Waals surface area contributed by atoms with Crippen LogP contribution in [0.2, 0.25) is 5.02 Å². The predicted octanol–water partition coefficient (Wildman–Crippen LogP) is 5.26. The van der Waals surface area contributed by atoms with Crippen LogP contribution in [0.5, 0.6) is 0 Å². The first-order valence-corrected chi connectivity index (χ1v) is 9.21. The highest BCUT2D eigenvalue weighted by Gasteiger charge is 2.09. The van der Waals surface area contributed by atoms with Crippen LogP contribution in [0.4, 0.5) is 0 Å². The molecule has 0 heterocycles. The SMILES string of the molecule is CCc1ccc([C@@H](C)NC(=O)CCSc2ccc(Cl)cc2)cc1. The average Bonchev–Trinajstić information content (AvgIpc) is 2.56. The number of hydrogen-bond acceptors (Lipinski definition) is 2. The van der Waals surface area contributed by atoms with Crippen LogP contribution < -0.4 is 5.32 Å². The number of amides is 1. The third-order valence-electron chi connectivity index (χ3n) is 3.68. The highest BCUT2D eigenvalue weighted by atomic mass is 35.5. The van der Waals surface area contributed by atoms with Gasteiger partial charge < -0.3 is 5.32 Å². The summed E-state index contributed by atoms with van der Waals surface area (Å²) in [7, 11) is 0. The molecule has 1 N–H and O–H groups in total. The number of benzene rings is 2. The van der Waals surface area contributed by atoms with E-state index in [0.29, 0.717) is 6.42 Å². The van der Waals surface area contributed by atoms with Crippen molar-refractivity contribution in [2.24, 2.45) is 0 Å². The summed E-state index contributed by atoms with van der Waals surface area (Å²) in [6, 6.07) is 16.1. The lowest BCUT2D eigenvalue weighted by molar-refractivity contribution is -0.121. The molecule has 2 nitrogen and oxygen atoms in total. The highest BCUT2D eigenvalue weighted by Crippen LogP contribution is 2.21. The molecule has 0 saturated carbocycles. The minimum atomic E-state index is 0.0361. The Balaban J connectivity index is 1.76. The van der Waals surface area contributed by atoms with Crippen molar-refractivity contribution < 1.29 is 4.79 Å². The molecule has 0 spiro atoms. The summed E-state index contributed by atoms with van der Waals surface area (Å²) in [4.78, 5) is 13.2. The molecule has 23 heavy (non-hydrogen) atoms. The van der Waals surface area contributed by atoms with Gasteiger partial charge in [-0.15, -0.1) is 11.8 Å². The molecule has 0 aliphatic rings. The van der Waals surface area contributed by atoms with E-state index in [1.165, 1.54) is 5.56 Å². The first kappa shape index (κ1) is 17.9. The van der Waals surface area contributed by atoms with Crippen LogP contribution in [-0.4, -0.2) is 11.7 Å². The van der Waals surface area contributed by atoms with Gasteiger partial charge in [0.2, 0.25) is 5.91 Å². The van der Waals surface area contributed by atoms with Crippen molar-refractivity contribution in [3.05, 3.63) is 64.7 Å². The third-order valence-corrected chi connectivity index (χ3v) is 4.94. The van der Waals surface area contributed by atoms with Gasteiger partial charge in [0, 0.05) is 22.1 Å². The van der Waals surface area contributed by atoms with Gasteiger partial charge in [0.05, 0.1) is 6.04 Å². The van der Waals surface area contributed by atoms with E-state index in [1.807, 2.05) is 31.2 Å². The number of rotatable bonds is 7. The molecule has 122 valence electrons. The minimum Gasteiger partial charge on any atom is -0.350 e. The molecule has 0 radical (unpaired) electrons. The Morgan fingerprint density at radius 2 is 1.78 bits per heavy atom. The normalized spacial score (nSPS) is 12.0. The summed E-state index contributed by atoms with van der Waals surface area (Å²) < 4.78 is 0. The molecule has 0 unspecified atom stereocenters. The van der Waals surface area contributed by atoms with E-state index in [2.05, 4.69) is 36.5 Å². The van der Waals surface area contributed by atoms with Gasteiger partial charge in [0.15, 0.2) is 0 Å². The maximum absolute atomic E-state index is 12.0. The summed E-state index contributed by atoms with van der Waals surface area (Å²) in [5, 5.41) is 3.79. The van der Waals surface area contributed by atoms with Crippen LogP contribution in [0.1, 0.15) is 37.4 Å². The van der Waals surface area contributed by atoms with Crippen LogP contribution in [0.25, 0.3) is 0 Å². The van der Waals surface area contributed by atoms with Gasteiger partial charge in [-0.1, -0.05) is 42.8 Å². The second-order valence-electron chi connectivity index (χ2n) is 5.44. The lowest BCUT2D eigenvalue weighted by Crippen LogP contribution is -2.26. The number of carbonyl (C=O) groups is 1. The number of carbonyl (C=O) groups excluding carboxylic acids is 1. The molecule has 4 heteroatoms. The van der Waals surface area contributed by atoms with Crippen molar-refractivity contribution in [2.75, 3.05) is 5.75 Å². The first-order chi connectivity index (χ1) is 11.1. The fourth-order valence-corrected chi connectivity index (χ4v) is 3.21. The van der Waals surface area contributed by atoms with Crippen molar-refractivity contribution in [1.82, 2.24) is 5.32 Å². The topological polar surface area (TPSA) is 29.1 Å². The van der Waals surface area contributed by atoms with Gasteiger partial charge in [-0.25, -0.2) is 0 Å². The van der Waals surface area contributed by atoms with Crippen LogP contribution in [0.15, 0.2) is 53.4 Å². The van der Waals surface area contributed by atoms with Crippen LogP contribution >= 0.6 is 23.4 Å². The number of aryl methyl sites for hydroxylation is 1. The number of halogens is 1. The maximum Gasteiger partial charge on any atom is 0.221 e. The molecule has 0 aliphatic heterocycles. The summed E-state index contributed by atoms with van der Waals surface area (Å²) in [6.07, 6.45) is 1.54. The quantitative estimate of drug-likeness (QED) is 0.692. The number of hydrogen-bond donors (Lipinski definition) is 1. The molecule has 0 bridgehead atoms. The zero-order valence-electron chi connectivity index (χ0n) is 13.5. The van der Waals surface area contributed by atoms with E-state index in [9.17, 15) is 4.79 Å². The number of thioether (sulfide) groups is 1. The van der Waals surface area contributed by atoms with E-state index in [1.54, 1.807) is 11.8 Å². The fourth-order valence-electron chi connectivity index (χ4n) is 2.23. The summed E-state index contributed by atoms with van der Waals surface area (Å²) in [5.41, 5.74) is 2.45. The average molecular weight is 348 g/mol. The highest BCUT2D eigenvalue weighted by molar-refractivity contribution is 7.99. The van der Waals surface area contributed by atoms with Crippen LogP contribution in [0, 0.1) is 0 Å². The molecule has 1 amide bonds. The smallest absolute Gasteiger partial charge is 0.221 e. The maximum atomic E-state index is 12.0. The lowest BCUT2D eigenvalue weighted by Gasteiger charge is -2.14. The van der Waals surface area contributed by atoms with E-state index in [0.717, 1.165) is 27.7 Å². The summed E-state index contributed by atoms with van der Waals surface area (Å²) >= 11 is 7.52. The Bertz CT molecular complexity index is 625. The molecule has 2 rings (SSSR count). The molecule has 0 fully saturated rings. The van der Waals surface area contributed by atoms with Gasteiger partial charge >= 0.3 is 0 Å². The van der Waals surface area contributed by atoms with Gasteiger partial charge in [0.1, 0.15) is 0 Å². The molecule has 0 aliphatic carbocycles. The third kappa shape index (κ3) is 5.92. The van der Waals surface area contributed by atoms with Crippen LogP contribution in [-0.2, 0) is 11.2 Å². The zero-order chi connectivity index (χ0) is 16.7. The Hall–Kier alpha value is -1.45. The number of nitrogens with one attached hydrogen (secondary N) is 1. The van der Waals surface area contributed by atoms with Crippen molar-refractivity contribution in [3.63, 3.8) is 0 Å². The minimum absolute atomic E-state index is 0.0361. The van der Waals surface area contributed by atoms with Gasteiger partial charge in [-0.05, 0) is 48.7 Å². The molecule has 2 aromatic rings. The summed E-state index contributed by atoms with van der Waals surface area (Å²) in [5.74, 6) is 0.841. The van der Waals surface area contributed by atoms with Gasteiger partial charge in [-0.3, -0.25) is 4.79 Å². The standard InChI is InChI=1S/C19H22ClNOS/c1-3-15-4-6-16(7-5-15)14(2)21-19(22)12-13-23-18-10-8-17(20)9-11-18/h4-11,14H,3,12-13H2,1-2H3,(H,21,22)/t14-/m1/s1. The van der Waals surface area contributed by atoms with E-state index in [4.69, 9.17) is 11.6 Å². The zero-order valence-corrected chi connectivity index (χ0v) is 15.1. The van der Waals surface area contributed by atoms with E-state index >= 15 is 0 Å². The Morgan fingerprint density at radius 3 is 2.39 bits per heavy atom. The van der Waals surface area contributed by atoms with Gasteiger partial charge in [0.25, 0.3) is 0 Å². The van der Waals surface area contributed by atoms with Crippen molar-refractivity contribution in [3.8, 4) is 0 Å². The van der Waals surface area contributed by atoms with Crippen molar-refractivity contribution in [2.45, 2.75) is 37.6 Å². The monoisotopic (exact) mass is 347 g/mol. The Kier molecular flexibility index (Phi) is 7.00. The van der Waals surface area contributed by atoms with E-state index < -0.39 is 0 Å². The Morgan fingerprint density at radius 1 is 1.13 bits per heavy atom. The molecule has 0 aromatic heterocycles. The molecular weight excluding hydrogens is 326 g/mol. The van der Waals surface area contributed by atoms with Crippen LogP contribution in [0.3, 0.4) is 0 Å². The molecule has 2 aromatic carbocycles. The van der Waals surface area contributed by atoms with E-state index in [-0.39, 0.29) is 11.9 Å². The van der Waals surface area contributed by atoms with Gasteiger partial charge in [-0.2, -0.15) is 0 Å². The van der Waals surface area contributed by atoms with Crippen molar-refractivity contribution >= 4 is 29.3 Å². The molecular formula is C19H22ClNOS. The Labute approximate surface area is 147 Å². The molecule has 1 atom stereocenters. The molecule has 0 saturated heterocycles. The fraction of sp³-hybridized carbons (Fsp3) is 0.316. The second-order valence-corrected chi connectivity index (χ2v) is 7.04.